The third kappa shape index (κ3) is 1.84. The number of thiazole rings is 1. The Morgan fingerprint density at radius 1 is 1.56 bits per heavy atom. The van der Waals surface area contributed by atoms with Crippen LogP contribution in [0.15, 0.2) is 6.20 Å². The predicted octanol–water partition coefficient (Wildman–Crippen LogP) is 2.08. The van der Waals surface area contributed by atoms with Crippen molar-refractivity contribution in [3.05, 3.63) is 16.1 Å². The van der Waals surface area contributed by atoms with Crippen LogP contribution in [0.2, 0.25) is 0 Å². The molecule has 0 saturated heterocycles. The van der Waals surface area contributed by atoms with E-state index < -0.39 is 16.6 Å². The van der Waals surface area contributed by atoms with Crippen molar-refractivity contribution in [2.75, 3.05) is 6.54 Å². The molecule has 88 valence electrons. The van der Waals surface area contributed by atoms with Crippen LogP contribution in [-0.2, 0) is 6.18 Å². The number of hydrogen-bond donors (Lipinski definition) is 1. The lowest BCUT2D eigenvalue weighted by Crippen LogP contribution is -2.24. The molecule has 7 heteroatoms. The number of Topliss-reactive ketones (excluding diaryl/α,β-unsaturated/α-hetero) is 1. The van der Waals surface area contributed by atoms with Gasteiger partial charge in [-0.3, -0.25) is 4.79 Å². The topological polar surface area (TPSA) is 56.0 Å². The highest BCUT2D eigenvalue weighted by Crippen LogP contribution is 2.48. The van der Waals surface area contributed by atoms with Gasteiger partial charge in [0, 0.05) is 18.2 Å². The Labute approximate surface area is 93.5 Å². The summed E-state index contributed by atoms with van der Waals surface area (Å²) < 4.78 is 36.8. The maximum absolute atomic E-state index is 12.3. The Kier molecular flexibility index (Phi) is 2.54. The summed E-state index contributed by atoms with van der Waals surface area (Å²) >= 11 is 0.389. The van der Waals surface area contributed by atoms with Crippen molar-refractivity contribution in [1.82, 2.24) is 4.98 Å². The number of carbonyl (C=O) groups is 1. The van der Waals surface area contributed by atoms with E-state index in [0.717, 1.165) is 6.20 Å². The van der Waals surface area contributed by atoms with E-state index >= 15 is 0 Å². The van der Waals surface area contributed by atoms with Gasteiger partial charge in [-0.25, -0.2) is 4.98 Å². The van der Waals surface area contributed by atoms with Gasteiger partial charge in [0.05, 0.1) is 4.88 Å². The van der Waals surface area contributed by atoms with E-state index in [-0.39, 0.29) is 17.2 Å². The molecule has 1 saturated carbocycles. The summed E-state index contributed by atoms with van der Waals surface area (Å²) in [4.78, 5) is 15.1. The van der Waals surface area contributed by atoms with Crippen LogP contribution in [0.3, 0.4) is 0 Å². The summed E-state index contributed by atoms with van der Waals surface area (Å²) in [5.41, 5.74) is 4.83. The van der Waals surface area contributed by atoms with Crippen LogP contribution in [0.25, 0.3) is 0 Å². The summed E-state index contributed by atoms with van der Waals surface area (Å²) in [6.45, 7) is 0.186. The van der Waals surface area contributed by atoms with Gasteiger partial charge in [-0.2, -0.15) is 13.2 Å². The van der Waals surface area contributed by atoms with Gasteiger partial charge in [0.2, 0.25) is 0 Å². The number of halogens is 3. The van der Waals surface area contributed by atoms with E-state index in [2.05, 4.69) is 4.98 Å². The Balaban J connectivity index is 2.23. The van der Waals surface area contributed by atoms with E-state index in [9.17, 15) is 18.0 Å². The zero-order valence-electron chi connectivity index (χ0n) is 8.17. The highest BCUT2D eigenvalue weighted by Gasteiger charge is 2.49. The SMILES string of the molecule is NCC1(C(=O)c2cnc(C(F)(F)F)s2)CC1. The van der Waals surface area contributed by atoms with Crippen LogP contribution < -0.4 is 5.73 Å². The summed E-state index contributed by atoms with van der Waals surface area (Å²) in [6, 6.07) is 0. The molecule has 1 aliphatic carbocycles. The molecule has 0 aromatic carbocycles. The van der Waals surface area contributed by atoms with Crippen LogP contribution >= 0.6 is 11.3 Å². The van der Waals surface area contributed by atoms with Crippen LogP contribution in [0, 0.1) is 5.41 Å². The maximum Gasteiger partial charge on any atom is 0.443 e. The van der Waals surface area contributed by atoms with Gasteiger partial charge in [-0.1, -0.05) is 0 Å². The quantitative estimate of drug-likeness (QED) is 0.835. The van der Waals surface area contributed by atoms with Crippen LogP contribution in [0.5, 0.6) is 0 Å². The number of hydrogen-bond acceptors (Lipinski definition) is 4. The fourth-order valence-electron chi connectivity index (χ4n) is 1.45. The number of alkyl halides is 3. The Hall–Kier alpha value is -0.950. The summed E-state index contributed by atoms with van der Waals surface area (Å²) in [5, 5.41) is -0.983. The number of rotatable bonds is 3. The first-order chi connectivity index (χ1) is 7.39. The summed E-state index contributed by atoms with van der Waals surface area (Å²) in [6.07, 6.45) is -2.18. The van der Waals surface area contributed by atoms with Crippen LogP contribution in [-0.4, -0.2) is 17.3 Å². The number of nitrogens with zero attached hydrogens (tertiary/aromatic N) is 1. The van der Waals surface area contributed by atoms with Crippen LogP contribution in [0.1, 0.15) is 27.5 Å². The molecule has 2 N–H and O–H groups in total. The lowest BCUT2D eigenvalue weighted by atomic mass is 10.0. The average molecular weight is 250 g/mol. The molecular weight excluding hydrogens is 241 g/mol. The van der Waals surface area contributed by atoms with E-state index in [1.807, 2.05) is 0 Å². The molecule has 3 nitrogen and oxygen atoms in total. The Morgan fingerprint density at radius 3 is 2.56 bits per heavy atom. The molecule has 0 amide bonds. The van der Waals surface area contributed by atoms with Crippen molar-refractivity contribution < 1.29 is 18.0 Å². The van der Waals surface area contributed by atoms with E-state index in [1.165, 1.54) is 0 Å². The molecule has 16 heavy (non-hydrogen) atoms. The fraction of sp³-hybridized carbons (Fsp3) is 0.556. The molecule has 1 aliphatic rings. The van der Waals surface area contributed by atoms with Crippen molar-refractivity contribution in [2.45, 2.75) is 19.0 Å². The minimum atomic E-state index is -4.48. The first-order valence-electron chi connectivity index (χ1n) is 4.67. The minimum absolute atomic E-state index is 0.0512. The van der Waals surface area contributed by atoms with Crippen molar-refractivity contribution in [2.24, 2.45) is 11.1 Å². The molecule has 1 heterocycles. The molecule has 0 spiro atoms. The molecule has 2 rings (SSSR count). The monoisotopic (exact) mass is 250 g/mol. The fourth-order valence-corrected chi connectivity index (χ4v) is 2.29. The lowest BCUT2D eigenvalue weighted by Gasteiger charge is -2.07. The minimum Gasteiger partial charge on any atom is -0.329 e. The van der Waals surface area contributed by atoms with Crippen molar-refractivity contribution in [3.8, 4) is 0 Å². The molecule has 0 radical (unpaired) electrons. The molecule has 1 aromatic heterocycles. The largest absolute Gasteiger partial charge is 0.443 e. The van der Waals surface area contributed by atoms with Crippen molar-refractivity contribution in [1.29, 1.82) is 0 Å². The number of carbonyl (C=O) groups excluding carboxylic acids is 1. The maximum atomic E-state index is 12.3. The third-order valence-corrected chi connectivity index (χ3v) is 3.74. The first kappa shape index (κ1) is 11.5. The second-order valence-corrected chi connectivity index (χ2v) is 4.87. The number of nitrogens with two attached hydrogens (primary N) is 1. The zero-order valence-corrected chi connectivity index (χ0v) is 8.99. The van der Waals surface area contributed by atoms with Gasteiger partial charge in [0.1, 0.15) is 0 Å². The molecule has 0 unspecified atom stereocenters. The summed E-state index contributed by atoms with van der Waals surface area (Å²) in [5.74, 6) is -0.303. The van der Waals surface area contributed by atoms with Crippen molar-refractivity contribution in [3.63, 3.8) is 0 Å². The van der Waals surface area contributed by atoms with Gasteiger partial charge in [0.25, 0.3) is 0 Å². The number of aromatic nitrogens is 1. The zero-order chi connectivity index (χ0) is 12.0. The molecule has 0 atom stereocenters. The molecular formula is C9H9F3N2OS. The predicted molar refractivity (Wildman–Crippen MR) is 52.2 cm³/mol. The van der Waals surface area contributed by atoms with E-state index in [1.54, 1.807) is 0 Å². The molecule has 1 fully saturated rings. The van der Waals surface area contributed by atoms with Gasteiger partial charge in [0.15, 0.2) is 10.8 Å². The molecule has 0 aliphatic heterocycles. The second-order valence-electron chi connectivity index (χ2n) is 3.84. The first-order valence-corrected chi connectivity index (χ1v) is 5.49. The standard InChI is InChI=1S/C9H9F3N2OS/c10-9(11,12)7-14-3-5(16-7)6(15)8(4-13)1-2-8/h3H,1-2,4,13H2. The van der Waals surface area contributed by atoms with E-state index in [4.69, 9.17) is 5.73 Å². The molecule has 1 aromatic rings. The Morgan fingerprint density at radius 2 is 2.19 bits per heavy atom. The van der Waals surface area contributed by atoms with Gasteiger partial charge < -0.3 is 5.73 Å². The summed E-state index contributed by atoms with van der Waals surface area (Å²) in [7, 11) is 0. The van der Waals surface area contributed by atoms with Gasteiger partial charge >= 0.3 is 6.18 Å². The van der Waals surface area contributed by atoms with Gasteiger partial charge in [-0.15, -0.1) is 11.3 Å². The van der Waals surface area contributed by atoms with Crippen molar-refractivity contribution >= 4 is 17.1 Å². The highest BCUT2D eigenvalue weighted by atomic mass is 32.1. The average Bonchev–Trinajstić information content (AvgIpc) is 2.84. The normalized spacial score (nSPS) is 18.5. The Bertz CT molecular complexity index is 423. The van der Waals surface area contributed by atoms with E-state index in [0.29, 0.717) is 24.2 Å². The highest BCUT2D eigenvalue weighted by molar-refractivity contribution is 7.13. The smallest absolute Gasteiger partial charge is 0.329 e. The lowest BCUT2D eigenvalue weighted by molar-refractivity contribution is -0.137. The van der Waals surface area contributed by atoms with Gasteiger partial charge in [-0.05, 0) is 12.8 Å². The molecule has 0 bridgehead atoms. The second kappa shape index (κ2) is 3.53. The number of ketones is 1. The van der Waals surface area contributed by atoms with Crippen LogP contribution in [0.4, 0.5) is 13.2 Å². The third-order valence-electron chi connectivity index (χ3n) is 2.70.